The van der Waals surface area contributed by atoms with Gasteiger partial charge in [0, 0.05) is 12.4 Å². The molecule has 0 atom stereocenters. The molecule has 0 saturated carbocycles. The highest BCUT2D eigenvalue weighted by atomic mass is 14.7. The van der Waals surface area contributed by atoms with E-state index in [1.54, 1.807) is 18.6 Å². The minimum atomic E-state index is 0.598. The Morgan fingerprint density at radius 3 is 2.90 bits per heavy atom. The van der Waals surface area contributed by atoms with Crippen molar-refractivity contribution in [3.63, 3.8) is 0 Å². The van der Waals surface area contributed by atoms with E-state index in [9.17, 15) is 0 Å². The molecule has 0 radical (unpaired) electrons. The average Bonchev–Trinajstić information content (AvgIpc) is 2.03. The van der Waals surface area contributed by atoms with E-state index in [4.69, 9.17) is 6.42 Å². The molecule has 46 valence electrons. The second kappa shape index (κ2) is 3.27. The largest absolute Gasteiger partial charge is 0.260 e. The van der Waals surface area contributed by atoms with Crippen LogP contribution < -0.4 is 0 Å². The smallest absolute Gasteiger partial charge is 0.132 e. The van der Waals surface area contributed by atoms with E-state index in [1.165, 1.54) is 0 Å². The lowest BCUT2D eigenvalue weighted by atomic mass is 10.4. The maximum Gasteiger partial charge on any atom is 0.132 e. The molecule has 1 heterocycles. The summed E-state index contributed by atoms with van der Waals surface area (Å²) < 4.78 is 0. The van der Waals surface area contributed by atoms with Crippen molar-refractivity contribution in [1.82, 2.24) is 9.97 Å². The van der Waals surface area contributed by atoms with Crippen molar-refractivity contribution in [2.24, 2.45) is 0 Å². The van der Waals surface area contributed by atoms with Crippen LogP contribution >= 0.6 is 0 Å². The topological polar surface area (TPSA) is 25.8 Å². The Hall–Kier alpha value is -1.80. The van der Waals surface area contributed by atoms with Crippen molar-refractivity contribution in [2.45, 2.75) is 0 Å². The number of aromatic nitrogens is 2. The predicted molar refractivity (Wildman–Crippen MR) is 37.7 cm³/mol. The number of hydrogen-bond acceptors (Lipinski definition) is 2. The summed E-state index contributed by atoms with van der Waals surface area (Å²) in [6.45, 7) is 0. The highest BCUT2D eigenvalue weighted by Crippen LogP contribution is 1.83. The minimum absolute atomic E-state index is 0.598. The van der Waals surface area contributed by atoms with Gasteiger partial charge in [-0.25, -0.2) is 4.98 Å². The van der Waals surface area contributed by atoms with Gasteiger partial charge >= 0.3 is 0 Å². The van der Waals surface area contributed by atoms with Gasteiger partial charge in [-0.15, -0.1) is 6.42 Å². The fourth-order valence-corrected chi connectivity index (χ4v) is 0.464. The first kappa shape index (κ1) is 6.32. The Bertz CT molecular complexity index is 298. The Morgan fingerprint density at radius 2 is 2.30 bits per heavy atom. The van der Waals surface area contributed by atoms with Crippen molar-refractivity contribution in [2.75, 3.05) is 0 Å². The van der Waals surface area contributed by atoms with Crippen molar-refractivity contribution in [3.05, 3.63) is 24.3 Å². The molecule has 1 rings (SSSR count). The van der Waals surface area contributed by atoms with Gasteiger partial charge in [-0.05, 0) is 17.8 Å². The number of hydrogen-bond donors (Lipinski definition) is 0. The molecule has 2 heteroatoms. The molecule has 0 amide bonds. The van der Waals surface area contributed by atoms with E-state index < -0.39 is 0 Å². The molecule has 0 aliphatic rings. The van der Waals surface area contributed by atoms with Crippen LogP contribution in [0.4, 0.5) is 0 Å². The van der Waals surface area contributed by atoms with Crippen LogP contribution in [0.3, 0.4) is 0 Å². The fourth-order valence-electron chi connectivity index (χ4n) is 0.464. The maximum atomic E-state index is 4.90. The monoisotopic (exact) mass is 128 g/mol. The molecular weight excluding hydrogens is 124 g/mol. The van der Waals surface area contributed by atoms with Crippen LogP contribution in [-0.4, -0.2) is 9.97 Å². The van der Waals surface area contributed by atoms with Crippen LogP contribution in [0.15, 0.2) is 18.6 Å². The molecule has 0 saturated heterocycles. The third kappa shape index (κ3) is 1.61. The summed E-state index contributed by atoms with van der Waals surface area (Å²) in [5, 5.41) is 0. The van der Waals surface area contributed by atoms with Gasteiger partial charge in [0.15, 0.2) is 0 Å². The second-order valence-corrected chi connectivity index (χ2v) is 1.48. The molecule has 0 N–H and O–H groups in total. The summed E-state index contributed by atoms with van der Waals surface area (Å²) in [6, 6.07) is 0. The molecule has 0 spiro atoms. The SMILES string of the molecule is C#CC#Cc1cnccn1. The lowest BCUT2D eigenvalue weighted by Crippen LogP contribution is -1.80. The molecule has 2 nitrogen and oxygen atoms in total. The second-order valence-electron chi connectivity index (χ2n) is 1.48. The third-order valence-electron chi connectivity index (χ3n) is 0.826. The first-order valence-corrected chi connectivity index (χ1v) is 2.66. The summed E-state index contributed by atoms with van der Waals surface area (Å²) in [4.78, 5) is 7.69. The number of terminal acetylenes is 1. The van der Waals surface area contributed by atoms with Gasteiger partial charge in [-0.3, -0.25) is 4.98 Å². The zero-order valence-electron chi connectivity index (χ0n) is 5.20. The van der Waals surface area contributed by atoms with Crippen LogP contribution in [0.5, 0.6) is 0 Å². The Morgan fingerprint density at radius 1 is 1.40 bits per heavy atom. The van der Waals surface area contributed by atoms with Crippen LogP contribution in [0.2, 0.25) is 0 Å². The van der Waals surface area contributed by atoms with Gasteiger partial charge in [0.2, 0.25) is 0 Å². The van der Waals surface area contributed by atoms with Crippen molar-refractivity contribution in [3.8, 4) is 24.2 Å². The maximum absolute atomic E-state index is 4.90. The van der Waals surface area contributed by atoms with Gasteiger partial charge < -0.3 is 0 Å². The van der Waals surface area contributed by atoms with E-state index in [1.807, 2.05) is 0 Å². The molecule has 0 bridgehead atoms. The van der Waals surface area contributed by atoms with Crippen molar-refractivity contribution in [1.29, 1.82) is 0 Å². The highest BCUT2D eigenvalue weighted by molar-refractivity contribution is 5.32. The summed E-state index contributed by atoms with van der Waals surface area (Å²) >= 11 is 0. The molecule has 1 aromatic heterocycles. The number of nitrogens with zero attached hydrogens (tertiary/aromatic N) is 2. The quantitative estimate of drug-likeness (QED) is 0.474. The first-order chi connectivity index (χ1) is 4.93. The normalized spacial score (nSPS) is 7.10. The lowest BCUT2D eigenvalue weighted by molar-refractivity contribution is 1.17. The molecule has 0 aromatic carbocycles. The van der Waals surface area contributed by atoms with Crippen LogP contribution in [-0.2, 0) is 0 Å². The van der Waals surface area contributed by atoms with Crippen molar-refractivity contribution < 1.29 is 0 Å². The standard InChI is InChI=1S/C8H4N2/c1-2-3-4-8-7-9-5-6-10-8/h1,5-7H. The van der Waals surface area contributed by atoms with Gasteiger partial charge in [0.05, 0.1) is 6.20 Å². The van der Waals surface area contributed by atoms with Gasteiger partial charge in [0.1, 0.15) is 5.69 Å². The summed E-state index contributed by atoms with van der Waals surface area (Å²) in [6.07, 6.45) is 9.62. The molecule has 0 unspecified atom stereocenters. The predicted octanol–water partition coefficient (Wildman–Crippen LogP) is 0.461. The molecule has 10 heavy (non-hydrogen) atoms. The summed E-state index contributed by atoms with van der Waals surface area (Å²) in [7, 11) is 0. The Balaban J connectivity index is 2.89. The molecule has 0 fully saturated rings. The molecular formula is C8H4N2. The van der Waals surface area contributed by atoms with Gasteiger partial charge in [-0.2, -0.15) is 0 Å². The average molecular weight is 128 g/mol. The Labute approximate surface area is 59.3 Å². The lowest BCUT2D eigenvalue weighted by Gasteiger charge is -1.82. The van der Waals surface area contributed by atoms with Crippen LogP contribution in [0, 0.1) is 24.2 Å². The summed E-state index contributed by atoms with van der Waals surface area (Å²) in [5.74, 6) is 7.26. The van der Waals surface area contributed by atoms with Gasteiger partial charge in [-0.1, -0.05) is 0 Å². The van der Waals surface area contributed by atoms with Crippen molar-refractivity contribution >= 4 is 0 Å². The van der Waals surface area contributed by atoms with E-state index >= 15 is 0 Å². The first-order valence-electron chi connectivity index (χ1n) is 2.66. The minimum Gasteiger partial charge on any atom is -0.260 e. The highest BCUT2D eigenvalue weighted by Gasteiger charge is 1.81. The molecule has 0 aliphatic heterocycles. The molecule has 1 aromatic rings. The molecule has 0 aliphatic carbocycles. The number of rotatable bonds is 0. The fraction of sp³-hybridized carbons (Fsp3) is 0. The zero-order chi connectivity index (χ0) is 7.23. The van der Waals surface area contributed by atoms with E-state index in [-0.39, 0.29) is 0 Å². The summed E-state index contributed by atoms with van der Waals surface area (Å²) in [5.41, 5.74) is 0.598. The third-order valence-corrected chi connectivity index (χ3v) is 0.826. The zero-order valence-corrected chi connectivity index (χ0v) is 5.20. The van der Waals surface area contributed by atoms with E-state index in [0.717, 1.165) is 0 Å². The van der Waals surface area contributed by atoms with Crippen LogP contribution in [0.1, 0.15) is 5.69 Å². The van der Waals surface area contributed by atoms with Crippen LogP contribution in [0.25, 0.3) is 0 Å². The van der Waals surface area contributed by atoms with E-state index in [0.29, 0.717) is 5.69 Å². The Kier molecular flexibility index (Phi) is 2.07. The van der Waals surface area contributed by atoms with E-state index in [2.05, 4.69) is 27.7 Å². The van der Waals surface area contributed by atoms with Gasteiger partial charge in [0.25, 0.3) is 0 Å².